The van der Waals surface area contributed by atoms with Gasteiger partial charge in [-0.05, 0) is 25.0 Å². The molecule has 0 saturated carbocycles. The van der Waals surface area contributed by atoms with Crippen molar-refractivity contribution >= 4 is 23.5 Å². The van der Waals surface area contributed by atoms with Gasteiger partial charge in [0.1, 0.15) is 11.4 Å². The van der Waals surface area contributed by atoms with Crippen LogP contribution in [-0.2, 0) is 6.42 Å². The number of ether oxygens (including phenoxy) is 1. The van der Waals surface area contributed by atoms with Gasteiger partial charge in [-0.1, -0.05) is 11.6 Å². The lowest BCUT2D eigenvalue weighted by Gasteiger charge is -2.06. The van der Waals surface area contributed by atoms with Crippen molar-refractivity contribution < 1.29 is 4.74 Å². The van der Waals surface area contributed by atoms with Crippen molar-refractivity contribution in [2.75, 3.05) is 7.11 Å². The molecule has 1 aliphatic heterocycles. The van der Waals surface area contributed by atoms with E-state index in [0.29, 0.717) is 10.8 Å². The van der Waals surface area contributed by atoms with Crippen molar-refractivity contribution in [3.8, 4) is 11.4 Å². The Hall–Kier alpha value is -1.81. The first-order valence-electron chi connectivity index (χ1n) is 5.73. The third kappa shape index (κ3) is 1.88. The minimum Gasteiger partial charge on any atom is -0.495 e. The van der Waals surface area contributed by atoms with Crippen LogP contribution in [0.15, 0.2) is 29.4 Å². The smallest absolute Gasteiger partial charge is 0.139 e. The van der Waals surface area contributed by atoms with Gasteiger partial charge in [-0.2, -0.15) is 5.10 Å². The summed E-state index contributed by atoms with van der Waals surface area (Å²) < 4.78 is 7.02. The summed E-state index contributed by atoms with van der Waals surface area (Å²) >= 11 is 6.01. The first-order chi connectivity index (χ1) is 8.78. The maximum Gasteiger partial charge on any atom is 0.139 e. The van der Waals surface area contributed by atoms with Crippen molar-refractivity contribution in [2.24, 2.45) is 4.99 Å². The van der Waals surface area contributed by atoms with E-state index in [2.05, 4.69) is 10.1 Å². The predicted octanol–water partition coefficient (Wildman–Crippen LogP) is 3.18. The van der Waals surface area contributed by atoms with Crippen LogP contribution in [0.2, 0.25) is 5.02 Å². The Morgan fingerprint density at radius 2 is 2.28 bits per heavy atom. The van der Waals surface area contributed by atoms with Crippen molar-refractivity contribution in [2.45, 2.75) is 12.8 Å². The molecule has 0 N–H and O–H groups in total. The number of halogens is 1. The van der Waals surface area contributed by atoms with Crippen molar-refractivity contribution in [3.63, 3.8) is 0 Å². The molecule has 0 unspecified atom stereocenters. The lowest BCUT2D eigenvalue weighted by Crippen LogP contribution is -1.98. The number of rotatable bonds is 2. The number of aryl methyl sites for hydroxylation is 1. The molecule has 2 aromatic rings. The zero-order valence-electron chi connectivity index (χ0n) is 9.93. The van der Waals surface area contributed by atoms with Crippen molar-refractivity contribution in [1.82, 2.24) is 9.78 Å². The second-order valence-corrected chi connectivity index (χ2v) is 4.48. The minimum atomic E-state index is 0.594. The standard InChI is InChI=1S/C13H12ClN3O/c1-18-13-7-9(4-5-10(13)14)17-8-12-11(16-17)3-2-6-15-12/h4-8H,2-3H2,1H3. The third-order valence-corrected chi connectivity index (χ3v) is 3.22. The number of methoxy groups -OCH3 is 1. The van der Waals surface area contributed by atoms with Gasteiger partial charge in [0.25, 0.3) is 0 Å². The first-order valence-corrected chi connectivity index (χ1v) is 6.11. The molecule has 4 nitrogen and oxygen atoms in total. The highest BCUT2D eigenvalue weighted by atomic mass is 35.5. The summed E-state index contributed by atoms with van der Waals surface area (Å²) in [5.74, 6) is 0.645. The van der Waals surface area contributed by atoms with Gasteiger partial charge in [0.2, 0.25) is 0 Å². The van der Waals surface area contributed by atoms with Crippen LogP contribution in [0.5, 0.6) is 5.75 Å². The monoisotopic (exact) mass is 261 g/mol. The lowest BCUT2D eigenvalue weighted by molar-refractivity contribution is 0.414. The normalized spacial score (nSPS) is 13.4. The minimum absolute atomic E-state index is 0.594. The largest absolute Gasteiger partial charge is 0.495 e. The summed E-state index contributed by atoms with van der Waals surface area (Å²) in [6, 6.07) is 5.58. The Kier molecular flexibility index (Phi) is 2.80. The quantitative estimate of drug-likeness (QED) is 0.833. The zero-order chi connectivity index (χ0) is 12.5. The molecule has 2 heterocycles. The summed E-state index contributed by atoms with van der Waals surface area (Å²) in [4.78, 5) is 4.33. The van der Waals surface area contributed by atoms with E-state index in [1.807, 2.05) is 29.2 Å². The highest BCUT2D eigenvalue weighted by Gasteiger charge is 2.12. The maximum atomic E-state index is 6.01. The van der Waals surface area contributed by atoms with Gasteiger partial charge in [-0.15, -0.1) is 0 Å². The molecule has 0 spiro atoms. The van der Waals surface area contributed by atoms with Crippen LogP contribution >= 0.6 is 11.6 Å². The van der Waals surface area contributed by atoms with E-state index in [-0.39, 0.29) is 0 Å². The lowest BCUT2D eigenvalue weighted by atomic mass is 10.2. The first kappa shape index (κ1) is 11.3. The highest BCUT2D eigenvalue weighted by Crippen LogP contribution is 2.29. The van der Waals surface area contributed by atoms with Gasteiger partial charge < -0.3 is 4.74 Å². The number of hydrogen-bond acceptors (Lipinski definition) is 3. The Labute approximate surface area is 110 Å². The van der Waals surface area contributed by atoms with Crippen LogP contribution < -0.4 is 4.74 Å². The number of hydrogen-bond donors (Lipinski definition) is 0. The average molecular weight is 262 g/mol. The number of benzene rings is 1. The molecular formula is C13H12ClN3O. The van der Waals surface area contributed by atoms with Crippen LogP contribution in [-0.4, -0.2) is 23.1 Å². The Balaban J connectivity index is 2.04. The van der Waals surface area contributed by atoms with Gasteiger partial charge in [-0.25, -0.2) is 4.68 Å². The molecular weight excluding hydrogens is 250 g/mol. The van der Waals surface area contributed by atoms with E-state index in [0.717, 1.165) is 29.9 Å². The van der Waals surface area contributed by atoms with E-state index in [9.17, 15) is 0 Å². The molecule has 0 radical (unpaired) electrons. The topological polar surface area (TPSA) is 39.4 Å². The second-order valence-electron chi connectivity index (χ2n) is 4.07. The molecule has 0 fully saturated rings. The van der Waals surface area contributed by atoms with Crippen molar-refractivity contribution in [1.29, 1.82) is 0 Å². The molecule has 92 valence electrons. The fourth-order valence-electron chi connectivity index (χ4n) is 1.97. The van der Waals surface area contributed by atoms with Crippen LogP contribution in [0.3, 0.4) is 0 Å². The van der Waals surface area contributed by atoms with E-state index in [1.165, 1.54) is 0 Å². The molecule has 1 aliphatic rings. The summed E-state index contributed by atoms with van der Waals surface area (Å²) in [5, 5.41) is 5.12. The fraction of sp³-hybridized carbons (Fsp3) is 0.231. The summed E-state index contributed by atoms with van der Waals surface area (Å²) in [5.41, 5.74) is 2.89. The second kappa shape index (κ2) is 4.46. The molecule has 1 aromatic heterocycles. The molecule has 0 saturated heterocycles. The van der Waals surface area contributed by atoms with E-state index >= 15 is 0 Å². The number of fused-ring (bicyclic) bond motifs is 1. The van der Waals surface area contributed by atoms with Gasteiger partial charge in [-0.3, -0.25) is 4.99 Å². The highest BCUT2D eigenvalue weighted by molar-refractivity contribution is 6.32. The zero-order valence-corrected chi connectivity index (χ0v) is 10.7. The maximum absolute atomic E-state index is 6.01. The molecule has 0 bridgehead atoms. The number of aromatic nitrogens is 2. The Morgan fingerprint density at radius 1 is 1.39 bits per heavy atom. The molecule has 3 rings (SSSR count). The molecule has 0 atom stereocenters. The molecule has 0 aliphatic carbocycles. The van der Waals surface area contributed by atoms with Crippen LogP contribution in [0.4, 0.5) is 5.69 Å². The summed E-state index contributed by atoms with van der Waals surface area (Å²) in [7, 11) is 1.60. The summed E-state index contributed by atoms with van der Waals surface area (Å²) in [6.45, 7) is 0. The molecule has 18 heavy (non-hydrogen) atoms. The molecule has 5 heteroatoms. The Morgan fingerprint density at radius 3 is 3.06 bits per heavy atom. The van der Waals surface area contributed by atoms with Crippen LogP contribution in [0, 0.1) is 0 Å². The van der Waals surface area contributed by atoms with E-state index in [1.54, 1.807) is 13.2 Å². The van der Waals surface area contributed by atoms with E-state index < -0.39 is 0 Å². The van der Waals surface area contributed by atoms with Gasteiger partial charge in [0.05, 0.1) is 29.7 Å². The number of aliphatic imine (C=N–C) groups is 1. The Bertz CT molecular complexity index is 619. The SMILES string of the molecule is COc1cc(-n2cc3c(n2)CCC=N3)ccc1Cl. The fourth-order valence-corrected chi connectivity index (χ4v) is 2.17. The third-order valence-electron chi connectivity index (χ3n) is 2.91. The van der Waals surface area contributed by atoms with Crippen molar-refractivity contribution in [3.05, 3.63) is 35.1 Å². The molecule has 1 aromatic carbocycles. The van der Waals surface area contributed by atoms with Gasteiger partial charge in [0, 0.05) is 12.3 Å². The van der Waals surface area contributed by atoms with Gasteiger partial charge in [0.15, 0.2) is 0 Å². The van der Waals surface area contributed by atoms with Gasteiger partial charge >= 0.3 is 0 Å². The van der Waals surface area contributed by atoms with E-state index in [4.69, 9.17) is 16.3 Å². The van der Waals surface area contributed by atoms with Crippen LogP contribution in [0.25, 0.3) is 5.69 Å². The number of nitrogens with zero attached hydrogens (tertiary/aromatic N) is 3. The summed E-state index contributed by atoms with van der Waals surface area (Å²) in [6.07, 6.45) is 5.75. The average Bonchev–Trinajstić information content (AvgIpc) is 2.83. The predicted molar refractivity (Wildman–Crippen MR) is 71.6 cm³/mol. The molecule has 0 amide bonds. The van der Waals surface area contributed by atoms with Crippen LogP contribution in [0.1, 0.15) is 12.1 Å².